The van der Waals surface area contributed by atoms with E-state index in [9.17, 15) is 0 Å². The van der Waals surface area contributed by atoms with Gasteiger partial charge in [-0.25, -0.2) is 0 Å². The molecule has 0 aromatic rings. The minimum absolute atomic E-state index is 0.556. The molecule has 0 aliphatic heterocycles. The third-order valence-corrected chi connectivity index (χ3v) is 0. The van der Waals surface area contributed by atoms with Gasteiger partial charge in [-0.15, -0.1) is 0 Å². The topological polar surface area (TPSA) is 80.3 Å². The first-order valence-corrected chi connectivity index (χ1v) is 1.82. The SMILES string of the molecule is CC(=O)[O-].CC(=O)[O-].[2H][Ce+2]. The Morgan fingerprint density at radius 2 is 1.22 bits per heavy atom. The molecular formula is C4H7CeO4. The van der Waals surface area contributed by atoms with Crippen molar-refractivity contribution < 1.29 is 61.2 Å². The van der Waals surface area contributed by atoms with Crippen LogP contribution in [0.15, 0.2) is 0 Å². The predicted molar refractivity (Wildman–Crippen MR) is 22.8 cm³/mol. The fraction of sp³-hybridized carbons (Fsp3) is 0.500. The second-order valence-electron chi connectivity index (χ2n) is 0.983. The number of hydrogen-bond donors (Lipinski definition) is 0. The molecule has 0 aromatic heterocycles. The van der Waals surface area contributed by atoms with Crippen molar-refractivity contribution >= 4 is 11.9 Å². The normalized spacial score (nSPS) is 6.44. The van der Waals surface area contributed by atoms with Gasteiger partial charge in [0, 0.05) is 11.9 Å². The van der Waals surface area contributed by atoms with Crippen LogP contribution in [0.25, 0.3) is 0 Å². The second kappa shape index (κ2) is 11.2. The summed E-state index contributed by atoms with van der Waals surface area (Å²) in [4.78, 5) is 17.8. The van der Waals surface area contributed by atoms with Gasteiger partial charge in [0.1, 0.15) is 0 Å². The Morgan fingerprint density at radius 3 is 1.22 bits per heavy atom. The van der Waals surface area contributed by atoms with E-state index in [1.54, 1.807) is 0 Å². The maximum atomic E-state index is 8.89. The summed E-state index contributed by atoms with van der Waals surface area (Å²) in [6.45, 7) is 1.94. The first-order valence-electron chi connectivity index (χ1n) is 2.32. The molecule has 0 spiro atoms. The van der Waals surface area contributed by atoms with E-state index in [4.69, 9.17) is 19.4 Å². The summed E-state index contributed by atoms with van der Waals surface area (Å²) in [7, 11) is 0. The molecular weight excluding hydrogens is 252 g/mol. The monoisotopic (exact) mass is 260 g/mol. The maximum absolute atomic E-state index is 8.89. The van der Waals surface area contributed by atoms with Crippen LogP contribution in [-0.2, 0) is 9.59 Å². The van der Waals surface area contributed by atoms with E-state index >= 15 is 0 Å². The molecule has 0 aromatic carbocycles. The van der Waals surface area contributed by atoms with E-state index < -0.39 is 11.9 Å². The summed E-state index contributed by atoms with van der Waals surface area (Å²) < 4.78 is 5.89. The molecule has 5 heteroatoms. The molecule has 0 radical (unpaired) electrons. The van der Waals surface area contributed by atoms with Crippen LogP contribution >= 0.6 is 0 Å². The quantitative estimate of drug-likeness (QED) is 0.473. The van der Waals surface area contributed by atoms with Gasteiger partial charge in [0.05, 0.1) is 0 Å². The fourth-order valence-electron chi connectivity index (χ4n) is 0. The average molecular weight is 260 g/mol. The van der Waals surface area contributed by atoms with Crippen LogP contribution in [0.2, 0.25) is 0 Å². The van der Waals surface area contributed by atoms with E-state index in [0.717, 1.165) is 13.8 Å². The van der Waals surface area contributed by atoms with E-state index in [1.165, 1.54) is 0 Å². The Labute approximate surface area is 85.9 Å². The van der Waals surface area contributed by atoms with Crippen molar-refractivity contribution in [3.8, 4) is 0 Å². The number of hydrogen-bond acceptors (Lipinski definition) is 4. The number of carboxylic acid groups (broad SMARTS) is 2. The number of carbonyl (C=O) groups is 2. The Hall–Kier alpha value is 0.317. The van der Waals surface area contributed by atoms with Crippen molar-refractivity contribution in [3.63, 3.8) is 0 Å². The van der Waals surface area contributed by atoms with Crippen molar-refractivity contribution in [2.75, 3.05) is 0 Å². The average Bonchev–Trinajstić information content (AvgIpc) is 1.66. The van der Waals surface area contributed by atoms with Crippen molar-refractivity contribution in [3.05, 3.63) is 0 Å². The van der Waals surface area contributed by atoms with Gasteiger partial charge in [-0.2, -0.15) is 0 Å². The van der Waals surface area contributed by atoms with E-state index in [2.05, 4.69) is 0 Å². The van der Waals surface area contributed by atoms with Gasteiger partial charge in [0.2, 0.25) is 0 Å². The number of carbonyl (C=O) groups excluding carboxylic acids is 2. The fourth-order valence-corrected chi connectivity index (χ4v) is 0. The van der Waals surface area contributed by atoms with Crippen LogP contribution < -0.4 is 10.2 Å². The molecule has 0 saturated heterocycles. The molecule has 0 aliphatic rings. The minimum atomic E-state index is -1.08. The molecule has 0 unspecified atom stereocenters. The molecule has 0 atom stereocenters. The van der Waals surface area contributed by atoms with Crippen LogP contribution in [0.3, 0.4) is 0 Å². The molecule has 0 bridgehead atoms. The third kappa shape index (κ3) is 3310. The Kier molecular flexibility index (Phi) is 14.9. The van der Waals surface area contributed by atoms with E-state index in [-0.39, 0.29) is 0 Å². The number of rotatable bonds is 0. The zero-order chi connectivity index (χ0) is 9.15. The number of carboxylic acids is 2. The van der Waals surface area contributed by atoms with Gasteiger partial charge in [0.15, 0.2) is 0 Å². The van der Waals surface area contributed by atoms with E-state index in [1.807, 2.05) is 0 Å². The van der Waals surface area contributed by atoms with Crippen LogP contribution in [-0.4, -0.2) is 11.5 Å². The first kappa shape index (κ1) is 12.0. The van der Waals surface area contributed by atoms with Gasteiger partial charge in [-0.3, -0.25) is 0 Å². The van der Waals surface area contributed by atoms with Crippen molar-refractivity contribution in [1.82, 2.24) is 0 Å². The molecule has 4 nitrogen and oxygen atoms in total. The summed E-state index contributed by atoms with van der Waals surface area (Å²) in [6, 6.07) is 0. The first-order chi connectivity index (χ1) is 4.46. The standard InChI is InChI=1S/2C2H4O2.Ce.H/c2*1-2(3)4;;/h2*1H3,(H,3,4);;/q;;+2;/p-2/i;;;1+1. The molecule has 0 saturated carbocycles. The molecule has 0 aliphatic carbocycles. The van der Waals surface area contributed by atoms with Gasteiger partial charge in [0.25, 0.3) is 0 Å². The molecule has 0 amide bonds. The van der Waals surface area contributed by atoms with Crippen molar-refractivity contribution in [1.29, 1.82) is -0.438 Å². The van der Waals surface area contributed by atoms with Crippen LogP contribution in [0.1, 0.15) is 13.8 Å². The molecule has 0 heterocycles. The molecule has 0 rings (SSSR count). The summed E-state index contributed by atoms with van der Waals surface area (Å²) in [5.41, 5.74) is 0. The summed E-state index contributed by atoms with van der Waals surface area (Å²) in [6.07, 6.45) is 0. The van der Waals surface area contributed by atoms with Crippen LogP contribution in [0.4, 0.5) is 0 Å². The number of aliphatic carboxylic acids is 2. The van der Waals surface area contributed by atoms with Crippen LogP contribution in [0, 0.1) is 41.4 Å². The zero-order valence-corrected chi connectivity index (χ0v) is 8.27. The third-order valence-electron chi connectivity index (χ3n) is 0. The van der Waals surface area contributed by atoms with Gasteiger partial charge in [-0.05, 0) is 13.8 Å². The second-order valence-corrected chi connectivity index (χ2v) is 0.983. The summed E-state index contributed by atoms with van der Waals surface area (Å²) >= 11 is 0.556. The van der Waals surface area contributed by atoms with Crippen molar-refractivity contribution in [2.45, 2.75) is 13.8 Å². The van der Waals surface area contributed by atoms with E-state index in [0.29, 0.717) is 41.4 Å². The zero-order valence-electron chi connectivity index (χ0n) is 6.13. The summed E-state index contributed by atoms with van der Waals surface area (Å²) in [5, 5.41) is 17.8. The molecule has 0 N–H and O–H groups in total. The molecule has 0 fully saturated rings. The van der Waals surface area contributed by atoms with Crippen LogP contribution in [0.5, 0.6) is 0 Å². The molecule has 9 heavy (non-hydrogen) atoms. The predicted octanol–water partition coefficient (Wildman–Crippen LogP) is -2.76. The Morgan fingerprint density at radius 1 is 1.22 bits per heavy atom. The molecule has 51 valence electrons. The van der Waals surface area contributed by atoms with Gasteiger partial charge in [-0.1, -0.05) is 0 Å². The summed E-state index contributed by atoms with van der Waals surface area (Å²) in [5.74, 6) is -2.17. The van der Waals surface area contributed by atoms with Gasteiger partial charge >= 0.3 is 41.0 Å². The Bertz CT molecular complexity index is 75.3. The van der Waals surface area contributed by atoms with Gasteiger partial charge < -0.3 is 19.8 Å². The van der Waals surface area contributed by atoms with Crippen molar-refractivity contribution in [2.24, 2.45) is 0 Å². The Balaban J connectivity index is -0.0000000787.